The molecule has 142 valence electrons. The van der Waals surface area contributed by atoms with E-state index in [1.165, 1.54) is 24.6 Å². The molecular weight excluding hydrogens is 335 g/mol. The van der Waals surface area contributed by atoms with E-state index >= 15 is 0 Å². The molecule has 0 bridgehead atoms. The molecule has 2 N–H and O–H groups in total. The molecule has 0 aromatic heterocycles. The van der Waals surface area contributed by atoms with Crippen molar-refractivity contribution in [1.82, 2.24) is 9.80 Å². The van der Waals surface area contributed by atoms with Gasteiger partial charge in [-0.1, -0.05) is 0 Å². The fourth-order valence-corrected chi connectivity index (χ4v) is 3.44. The third-order valence-electron chi connectivity index (χ3n) is 4.88. The summed E-state index contributed by atoms with van der Waals surface area (Å²) in [6.45, 7) is 3.94. The maximum Gasteiger partial charge on any atom is 0.222 e. The maximum absolute atomic E-state index is 13.5. The number of carbonyl (C=O) groups is 1. The maximum atomic E-state index is 13.5. The Morgan fingerprint density at radius 1 is 1.19 bits per heavy atom. The summed E-state index contributed by atoms with van der Waals surface area (Å²) in [5, 5.41) is 13.1. The van der Waals surface area contributed by atoms with E-state index in [0.29, 0.717) is 24.6 Å². The van der Waals surface area contributed by atoms with Gasteiger partial charge in [-0.2, -0.15) is 0 Å². The van der Waals surface area contributed by atoms with E-state index in [4.69, 9.17) is 0 Å². The Hall–Kier alpha value is -2.31. The number of nitrogens with zero attached hydrogens (tertiary/aromatic N) is 3. The third kappa shape index (κ3) is 4.86. The van der Waals surface area contributed by atoms with E-state index in [0.717, 1.165) is 51.9 Å². The van der Waals surface area contributed by atoms with Crippen LogP contribution in [0.25, 0.3) is 0 Å². The van der Waals surface area contributed by atoms with Crippen LogP contribution in [0.15, 0.2) is 23.2 Å². The van der Waals surface area contributed by atoms with Gasteiger partial charge in [-0.3, -0.25) is 9.79 Å². The summed E-state index contributed by atoms with van der Waals surface area (Å²) in [6.07, 6.45) is 5.78. The molecule has 0 radical (unpaired) electrons. The van der Waals surface area contributed by atoms with Crippen LogP contribution in [0, 0.1) is 5.82 Å². The largest absolute Gasteiger partial charge is 0.506 e. The van der Waals surface area contributed by atoms with E-state index in [2.05, 4.69) is 15.2 Å². The van der Waals surface area contributed by atoms with Crippen LogP contribution in [-0.2, 0) is 4.79 Å². The van der Waals surface area contributed by atoms with Crippen LogP contribution in [0.2, 0.25) is 0 Å². The number of likely N-dealkylation sites (tertiary alicyclic amines) is 2. The average Bonchev–Trinajstić information content (AvgIpc) is 3.06. The van der Waals surface area contributed by atoms with E-state index in [-0.39, 0.29) is 11.7 Å². The first kappa shape index (κ1) is 18.5. The molecule has 2 saturated heterocycles. The second kappa shape index (κ2) is 8.87. The number of phenolic OH excluding ortho intramolecular Hbond substituents is 1. The first-order valence-electron chi connectivity index (χ1n) is 9.46. The number of aliphatic imine (C=N–C) groups is 1. The first-order chi connectivity index (χ1) is 12.6. The van der Waals surface area contributed by atoms with Gasteiger partial charge in [0, 0.05) is 45.2 Å². The minimum absolute atomic E-state index is 0.00114. The van der Waals surface area contributed by atoms with Crippen LogP contribution in [0.4, 0.5) is 10.1 Å². The molecule has 2 aliphatic heterocycles. The van der Waals surface area contributed by atoms with Gasteiger partial charge in [0.25, 0.3) is 0 Å². The van der Waals surface area contributed by atoms with Crippen LogP contribution in [0.5, 0.6) is 5.75 Å². The highest BCUT2D eigenvalue weighted by molar-refractivity contribution is 5.95. The van der Waals surface area contributed by atoms with Crippen LogP contribution < -0.4 is 5.32 Å². The molecule has 3 rings (SSSR count). The van der Waals surface area contributed by atoms with Gasteiger partial charge >= 0.3 is 0 Å². The Bertz CT molecular complexity index is 659. The van der Waals surface area contributed by atoms with Gasteiger partial charge in [0.15, 0.2) is 5.96 Å². The SMILES string of the molecule is O=C1CCCN1CCCN=C(Nc1cc(F)ccc1O)N1CCCCC1. The fourth-order valence-electron chi connectivity index (χ4n) is 3.44. The first-order valence-corrected chi connectivity index (χ1v) is 9.46. The smallest absolute Gasteiger partial charge is 0.222 e. The zero-order chi connectivity index (χ0) is 18.4. The molecule has 0 atom stereocenters. The lowest BCUT2D eigenvalue weighted by Gasteiger charge is -2.30. The van der Waals surface area contributed by atoms with Crippen LogP contribution >= 0.6 is 0 Å². The number of anilines is 1. The van der Waals surface area contributed by atoms with Crippen molar-refractivity contribution in [3.8, 4) is 5.75 Å². The zero-order valence-corrected chi connectivity index (χ0v) is 15.1. The molecule has 6 nitrogen and oxygen atoms in total. The number of benzene rings is 1. The highest BCUT2D eigenvalue weighted by Gasteiger charge is 2.19. The van der Waals surface area contributed by atoms with Crippen molar-refractivity contribution in [1.29, 1.82) is 0 Å². The molecular formula is C19H27FN4O2. The van der Waals surface area contributed by atoms with Gasteiger partial charge in [0.2, 0.25) is 5.91 Å². The van der Waals surface area contributed by atoms with Gasteiger partial charge in [0.1, 0.15) is 11.6 Å². The summed E-state index contributed by atoms with van der Waals surface area (Å²) in [6, 6.07) is 3.84. The highest BCUT2D eigenvalue weighted by Crippen LogP contribution is 2.24. The van der Waals surface area contributed by atoms with Gasteiger partial charge in [-0.05, 0) is 44.2 Å². The number of hydrogen-bond donors (Lipinski definition) is 2. The number of rotatable bonds is 5. The van der Waals surface area contributed by atoms with E-state index in [1.807, 2.05) is 4.90 Å². The Morgan fingerprint density at radius 2 is 2.00 bits per heavy atom. The number of carbonyl (C=O) groups excluding carboxylic acids is 1. The van der Waals surface area contributed by atoms with Crippen LogP contribution in [0.1, 0.15) is 38.5 Å². The number of guanidine groups is 1. The number of nitrogens with one attached hydrogen (secondary N) is 1. The minimum Gasteiger partial charge on any atom is -0.506 e. The summed E-state index contributed by atoms with van der Waals surface area (Å²) >= 11 is 0. The zero-order valence-electron chi connectivity index (χ0n) is 15.1. The number of aromatic hydroxyl groups is 1. The van der Waals surface area contributed by atoms with E-state index < -0.39 is 5.82 Å². The number of halogens is 1. The number of hydrogen-bond acceptors (Lipinski definition) is 3. The van der Waals surface area contributed by atoms with Crippen molar-refractivity contribution in [2.24, 2.45) is 4.99 Å². The number of amides is 1. The molecule has 0 spiro atoms. The summed E-state index contributed by atoms with van der Waals surface area (Å²) in [5.41, 5.74) is 0.323. The average molecular weight is 362 g/mol. The predicted molar refractivity (Wildman–Crippen MR) is 99.8 cm³/mol. The summed E-state index contributed by atoms with van der Waals surface area (Å²) in [5.74, 6) is 0.487. The van der Waals surface area contributed by atoms with Gasteiger partial charge < -0.3 is 20.2 Å². The molecule has 26 heavy (non-hydrogen) atoms. The monoisotopic (exact) mass is 362 g/mol. The third-order valence-corrected chi connectivity index (χ3v) is 4.88. The topological polar surface area (TPSA) is 68.2 Å². The standard InChI is InChI=1S/C19H27FN4O2/c20-15-7-8-17(25)16(14-15)22-19(24-10-2-1-3-11-24)21-9-5-13-23-12-4-6-18(23)26/h7-8,14,25H,1-6,9-13H2,(H,21,22). The lowest BCUT2D eigenvalue weighted by Crippen LogP contribution is -2.40. The van der Waals surface area contributed by atoms with Crippen molar-refractivity contribution >= 4 is 17.6 Å². The Kier molecular flexibility index (Phi) is 6.30. The molecule has 0 saturated carbocycles. The summed E-state index contributed by atoms with van der Waals surface area (Å²) in [4.78, 5) is 20.4. The molecule has 0 unspecified atom stereocenters. The van der Waals surface area contributed by atoms with E-state index in [1.54, 1.807) is 0 Å². The van der Waals surface area contributed by atoms with Crippen molar-refractivity contribution in [3.63, 3.8) is 0 Å². The van der Waals surface area contributed by atoms with Gasteiger partial charge in [0.05, 0.1) is 5.69 Å². The Balaban J connectivity index is 1.64. The normalized spacial score (nSPS) is 18.5. The van der Waals surface area contributed by atoms with Crippen molar-refractivity contribution in [3.05, 3.63) is 24.0 Å². The second-order valence-electron chi connectivity index (χ2n) is 6.88. The fraction of sp³-hybridized carbons (Fsp3) is 0.579. The highest BCUT2D eigenvalue weighted by atomic mass is 19.1. The second-order valence-corrected chi connectivity index (χ2v) is 6.88. The van der Waals surface area contributed by atoms with Crippen molar-refractivity contribution in [2.75, 3.05) is 38.0 Å². The molecule has 1 aromatic carbocycles. The summed E-state index contributed by atoms with van der Waals surface area (Å²) in [7, 11) is 0. The van der Waals surface area contributed by atoms with E-state index in [9.17, 15) is 14.3 Å². The van der Waals surface area contributed by atoms with Crippen LogP contribution in [0.3, 0.4) is 0 Å². The molecule has 2 heterocycles. The molecule has 2 fully saturated rings. The lowest BCUT2D eigenvalue weighted by atomic mass is 10.1. The molecule has 2 aliphatic rings. The van der Waals surface area contributed by atoms with Gasteiger partial charge in [-0.15, -0.1) is 0 Å². The van der Waals surface area contributed by atoms with Crippen LogP contribution in [-0.4, -0.2) is 59.5 Å². The van der Waals surface area contributed by atoms with Crippen molar-refractivity contribution < 1.29 is 14.3 Å². The molecule has 0 aliphatic carbocycles. The number of phenols is 1. The van der Waals surface area contributed by atoms with Crippen molar-refractivity contribution in [2.45, 2.75) is 38.5 Å². The lowest BCUT2D eigenvalue weighted by molar-refractivity contribution is -0.127. The van der Waals surface area contributed by atoms with Gasteiger partial charge in [-0.25, -0.2) is 4.39 Å². The number of piperidine rings is 1. The Labute approximate surface area is 153 Å². The Morgan fingerprint density at radius 3 is 2.73 bits per heavy atom. The molecule has 1 amide bonds. The summed E-state index contributed by atoms with van der Waals surface area (Å²) < 4.78 is 13.5. The quantitative estimate of drug-likeness (QED) is 0.366. The molecule has 7 heteroatoms. The molecule has 1 aromatic rings. The predicted octanol–water partition coefficient (Wildman–Crippen LogP) is 2.80. The minimum atomic E-state index is -0.407.